The van der Waals surface area contributed by atoms with Crippen molar-refractivity contribution in [1.29, 1.82) is 0 Å². The Morgan fingerprint density at radius 1 is 1.22 bits per heavy atom. The molecule has 1 amide bonds. The van der Waals surface area contributed by atoms with E-state index >= 15 is 0 Å². The zero-order valence-corrected chi connectivity index (χ0v) is 15.3. The minimum atomic E-state index is -0.229. The molecule has 1 atom stereocenters. The van der Waals surface area contributed by atoms with Crippen molar-refractivity contribution in [2.45, 2.75) is 57.1 Å². The van der Waals surface area contributed by atoms with Crippen molar-refractivity contribution in [2.24, 2.45) is 7.05 Å². The lowest BCUT2D eigenvalue weighted by Crippen LogP contribution is -2.45. The molecule has 2 aromatic heterocycles. The molecule has 0 spiro atoms. The number of rotatable bonds is 6. The topological polar surface area (TPSA) is 64.2 Å². The number of hydrogen-bond donors (Lipinski definition) is 0. The third-order valence-corrected chi connectivity index (χ3v) is 4.70. The number of carbonyl (C=O) groups excluding carboxylic acids is 1. The van der Waals surface area contributed by atoms with Gasteiger partial charge in [-0.05, 0) is 46.8 Å². The molecule has 7 heteroatoms. The summed E-state index contributed by atoms with van der Waals surface area (Å²) in [6.07, 6.45) is 1.60. The molecule has 0 aliphatic carbocycles. The zero-order chi connectivity index (χ0) is 17.1. The van der Waals surface area contributed by atoms with Crippen molar-refractivity contribution in [3.05, 3.63) is 18.4 Å². The van der Waals surface area contributed by atoms with Gasteiger partial charge in [-0.15, -0.1) is 10.2 Å². The first kappa shape index (κ1) is 17.6. The fraction of sp³-hybridized carbons (Fsp3) is 0.562. The predicted molar refractivity (Wildman–Crippen MR) is 91.1 cm³/mol. The second-order valence-corrected chi connectivity index (χ2v) is 7.34. The van der Waals surface area contributed by atoms with E-state index in [0.29, 0.717) is 16.7 Å². The van der Waals surface area contributed by atoms with Crippen LogP contribution in [0.15, 0.2) is 28.0 Å². The molecule has 0 aliphatic heterocycles. The third kappa shape index (κ3) is 3.77. The molecule has 0 saturated heterocycles. The first-order valence-corrected chi connectivity index (χ1v) is 8.63. The Hall–Kier alpha value is -1.76. The summed E-state index contributed by atoms with van der Waals surface area (Å²) in [4.78, 5) is 14.6. The van der Waals surface area contributed by atoms with Crippen LogP contribution in [0.2, 0.25) is 0 Å². The van der Waals surface area contributed by atoms with Gasteiger partial charge in [0.25, 0.3) is 0 Å². The molecule has 2 rings (SSSR count). The number of nitrogens with zero attached hydrogens (tertiary/aromatic N) is 4. The highest BCUT2D eigenvalue weighted by Gasteiger charge is 2.27. The molecule has 0 radical (unpaired) electrons. The van der Waals surface area contributed by atoms with Crippen molar-refractivity contribution in [1.82, 2.24) is 19.7 Å². The summed E-state index contributed by atoms with van der Waals surface area (Å²) in [5.74, 6) is 1.43. The number of carbonyl (C=O) groups is 1. The Bertz CT molecular complexity index is 641. The van der Waals surface area contributed by atoms with Crippen LogP contribution >= 0.6 is 11.8 Å². The highest BCUT2D eigenvalue weighted by Crippen LogP contribution is 2.27. The molecule has 6 nitrogen and oxygen atoms in total. The van der Waals surface area contributed by atoms with Crippen molar-refractivity contribution >= 4 is 17.7 Å². The van der Waals surface area contributed by atoms with E-state index in [1.807, 2.05) is 63.3 Å². The smallest absolute Gasteiger partial charge is 0.236 e. The molecule has 0 N–H and O–H groups in total. The Labute approximate surface area is 141 Å². The summed E-state index contributed by atoms with van der Waals surface area (Å²) in [7, 11) is 1.88. The van der Waals surface area contributed by atoms with Gasteiger partial charge in [-0.3, -0.25) is 4.79 Å². The molecule has 0 aliphatic rings. The molecule has 1 unspecified atom stereocenters. The van der Waals surface area contributed by atoms with Gasteiger partial charge in [0.1, 0.15) is 0 Å². The average molecular weight is 336 g/mol. The van der Waals surface area contributed by atoms with Gasteiger partial charge in [0.05, 0.1) is 11.5 Å². The number of hydrogen-bond acceptors (Lipinski definition) is 5. The van der Waals surface area contributed by atoms with Gasteiger partial charge >= 0.3 is 0 Å². The van der Waals surface area contributed by atoms with Gasteiger partial charge in [-0.1, -0.05) is 11.8 Å². The van der Waals surface area contributed by atoms with Crippen LogP contribution in [0.4, 0.5) is 0 Å². The van der Waals surface area contributed by atoms with Gasteiger partial charge in [-0.2, -0.15) is 0 Å². The maximum Gasteiger partial charge on any atom is 0.236 e. The van der Waals surface area contributed by atoms with Crippen molar-refractivity contribution in [2.75, 3.05) is 0 Å². The van der Waals surface area contributed by atoms with Crippen LogP contribution in [0.3, 0.4) is 0 Å². The van der Waals surface area contributed by atoms with E-state index in [-0.39, 0.29) is 23.2 Å². The molecule has 0 aromatic carbocycles. The van der Waals surface area contributed by atoms with E-state index in [1.54, 1.807) is 6.26 Å². The van der Waals surface area contributed by atoms with Gasteiger partial charge in [0.15, 0.2) is 16.7 Å². The van der Waals surface area contributed by atoms with E-state index in [0.717, 1.165) is 0 Å². The number of aromatic nitrogens is 3. The van der Waals surface area contributed by atoms with Gasteiger partial charge in [0, 0.05) is 19.1 Å². The SMILES string of the molecule is CC(Sc1nnc(-c2ccco2)n1C)C(=O)N(C(C)C)C(C)C. The Balaban J connectivity index is 2.14. The first-order chi connectivity index (χ1) is 10.8. The van der Waals surface area contributed by atoms with Crippen molar-refractivity contribution < 1.29 is 9.21 Å². The van der Waals surface area contributed by atoms with E-state index in [9.17, 15) is 4.79 Å². The first-order valence-electron chi connectivity index (χ1n) is 7.75. The Kier molecular flexibility index (Phi) is 5.51. The molecule has 0 bridgehead atoms. The summed E-state index contributed by atoms with van der Waals surface area (Å²) in [5.41, 5.74) is 0. The van der Waals surface area contributed by atoms with Crippen LogP contribution < -0.4 is 0 Å². The van der Waals surface area contributed by atoms with Crippen molar-refractivity contribution in [3.8, 4) is 11.6 Å². The van der Waals surface area contributed by atoms with Crippen LogP contribution in [0, 0.1) is 0 Å². The quantitative estimate of drug-likeness (QED) is 0.758. The second-order valence-electron chi connectivity index (χ2n) is 6.04. The average Bonchev–Trinajstić information content (AvgIpc) is 3.08. The lowest BCUT2D eigenvalue weighted by atomic mass is 10.2. The lowest BCUT2D eigenvalue weighted by Gasteiger charge is -2.32. The minimum absolute atomic E-state index is 0.113. The van der Waals surface area contributed by atoms with Crippen LogP contribution in [0.1, 0.15) is 34.6 Å². The lowest BCUT2D eigenvalue weighted by molar-refractivity contribution is -0.133. The molecular weight excluding hydrogens is 312 g/mol. The summed E-state index contributed by atoms with van der Waals surface area (Å²) >= 11 is 1.42. The summed E-state index contributed by atoms with van der Waals surface area (Å²) in [6, 6.07) is 3.99. The standard InChI is InChI=1S/C16H24N4O2S/c1-10(2)20(11(3)4)15(21)12(5)23-16-18-17-14(19(16)6)13-8-7-9-22-13/h7-12H,1-6H3. The number of amides is 1. The number of thioether (sulfide) groups is 1. The maximum absolute atomic E-state index is 12.7. The minimum Gasteiger partial charge on any atom is -0.461 e. The highest BCUT2D eigenvalue weighted by molar-refractivity contribution is 8.00. The summed E-state index contributed by atoms with van der Waals surface area (Å²) < 4.78 is 7.21. The molecule has 2 aromatic rings. The molecular formula is C16H24N4O2S. The van der Waals surface area contributed by atoms with Crippen LogP contribution in [-0.2, 0) is 11.8 Å². The van der Waals surface area contributed by atoms with E-state index in [4.69, 9.17) is 4.42 Å². The van der Waals surface area contributed by atoms with Gasteiger partial charge < -0.3 is 13.9 Å². The van der Waals surface area contributed by atoms with E-state index in [2.05, 4.69) is 10.2 Å². The predicted octanol–water partition coefficient (Wildman–Crippen LogP) is 3.20. The van der Waals surface area contributed by atoms with Crippen LogP contribution in [0.5, 0.6) is 0 Å². The number of furan rings is 1. The summed E-state index contributed by atoms with van der Waals surface area (Å²) in [5, 5.41) is 8.82. The van der Waals surface area contributed by atoms with Gasteiger partial charge in [0.2, 0.25) is 5.91 Å². The van der Waals surface area contributed by atoms with E-state index < -0.39 is 0 Å². The second kappa shape index (κ2) is 7.21. The van der Waals surface area contributed by atoms with Crippen molar-refractivity contribution in [3.63, 3.8) is 0 Å². The molecule has 0 saturated carbocycles. The normalized spacial score (nSPS) is 12.9. The highest BCUT2D eigenvalue weighted by atomic mass is 32.2. The Morgan fingerprint density at radius 3 is 2.39 bits per heavy atom. The van der Waals surface area contributed by atoms with Crippen LogP contribution in [-0.4, -0.2) is 42.9 Å². The molecule has 23 heavy (non-hydrogen) atoms. The Morgan fingerprint density at radius 2 is 1.87 bits per heavy atom. The maximum atomic E-state index is 12.7. The van der Waals surface area contributed by atoms with Gasteiger partial charge in [-0.25, -0.2) is 0 Å². The summed E-state index contributed by atoms with van der Waals surface area (Å²) in [6.45, 7) is 10.0. The zero-order valence-electron chi connectivity index (χ0n) is 14.5. The fourth-order valence-corrected chi connectivity index (χ4v) is 3.43. The molecule has 126 valence electrons. The fourth-order valence-electron chi connectivity index (χ4n) is 2.56. The molecule has 2 heterocycles. The monoisotopic (exact) mass is 336 g/mol. The van der Waals surface area contributed by atoms with Crippen LogP contribution in [0.25, 0.3) is 11.6 Å². The van der Waals surface area contributed by atoms with E-state index in [1.165, 1.54) is 11.8 Å². The largest absolute Gasteiger partial charge is 0.461 e. The molecule has 0 fully saturated rings. The third-order valence-electron chi connectivity index (χ3n) is 3.57.